The van der Waals surface area contributed by atoms with E-state index in [0.717, 1.165) is 0 Å². The Morgan fingerprint density at radius 1 is 1.06 bits per heavy atom. The molecule has 1 N–H and O–H groups in total. The van der Waals surface area contributed by atoms with Crippen molar-refractivity contribution in [2.24, 2.45) is 23.7 Å². The second-order valence-corrected chi connectivity index (χ2v) is 11.4. The highest BCUT2D eigenvalue weighted by Gasteiger charge is 2.72. The number of aliphatic hydroxyl groups is 1. The van der Waals surface area contributed by atoms with Gasteiger partial charge in [-0.05, 0) is 38.7 Å². The molecule has 3 heterocycles. The summed E-state index contributed by atoms with van der Waals surface area (Å²) < 4.78 is 30.6. The van der Waals surface area contributed by atoms with E-state index in [1.165, 1.54) is 20.8 Å². The molecule has 4 aliphatic rings. The number of esters is 3. The Kier molecular flexibility index (Phi) is 6.38. The highest BCUT2D eigenvalue weighted by atomic mass is 16.7. The zero-order valence-corrected chi connectivity index (χ0v) is 21.8. The minimum absolute atomic E-state index is 0.00801. The molecule has 3 fully saturated rings. The number of hydrogen-bond acceptors (Lipinski definition) is 9. The van der Waals surface area contributed by atoms with E-state index < -0.39 is 65.2 Å². The summed E-state index contributed by atoms with van der Waals surface area (Å²) in [6.45, 7) is 13.4. The predicted molar refractivity (Wildman–Crippen MR) is 123 cm³/mol. The molecule has 0 aromatic heterocycles. The van der Waals surface area contributed by atoms with E-state index in [4.69, 9.17) is 23.7 Å². The van der Waals surface area contributed by atoms with Gasteiger partial charge in [-0.2, -0.15) is 0 Å². The molecule has 0 spiro atoms. The van der Waals surface area contributed by atoms with Crippen LogP contribution in [-0.4, -0.2) is 64.4 Å². The molecular weight excluding hydrogens is 456 g/mol. The molecule has 4 bridgehead atoms. The summed E-state index contributed by atoms with van der Waals surface area (Å²) in [4.78, 5) is 37.0. The molecule has 1 aliphatic carbocycles. The molecule has 10 atom stereocenters. The molecule has 0 unspecified atom stereocenters. The van der Waals surface area contributed by atoms with Crippen LogP contribution in [0.15, 0.2) is 11.6 Å². The Hall–Kier alpha value is -1.97. The smallest absolute Gasteiger partial charge is 0.303 e. The van der Waals surface area contributed by atoms with Crippen molar-refractivity contribution in [1.29, 1.82) is 0 Å². The third-order valence-corrected chi connectivity index (χ3v) is 8.49. The molecule has 0 aromatic rings. The van der Waals surface area contributed by atoms with Crippen LogP contribution in [0.3, 0.4) is 0 Å². The number of fused-ring (bicyclic) bond motifs is 8. The molecule has 4 rings (SSSR count). The maximum atomic E-state index is 12.4. The zero-order chi connectivity index (χ0) is 26.1. The van der Waals surface area contributed by atoms with Gasteiger partial charge in [0.25, 0.3) is 0 Å². The topological polar surface area (TPSA) is 118 Å². The maximum Gasteiger partial charge on any atom is 0.303 e. The second-order valence-electron chi connectivity index (χ2n) is 11.4. The van der Waals surface area contributed by atoms with E-state index in [2.05, 4.69) is 0 Å². The van der Waals surface area contributed by atoms with Gasteiger partial charge in [0.2, 0.25) is 0 Å². The van der Waals surface area contributed by atoms with Crippen molar-refractivity contribution in [2.45, 2.75) is 110 Å². The highest BCUT2D eigenvalue weighted by molar-refractivity contribution is 5.69. The number of ether oxygens (including phenoxy) is 5. The van der Waals surface area contributed by atoms with Gasteiger partial charge in [-0.3, -0.25) is 14.4 Å². The summed E-state index contributed by atoms with van der Waals surface area (Å²) in [6, 6.07) is 0. The van der Waals surface area contributed by atoms with Crippen molar-refractivity contribution in [3.63, 3.8) is 0 Å². The van der Waals surface area contributed by atoms with Gasteiger partial charge in [-0.1, -0.05) is 19.9 Å². The van der Waals surface area contributed by atoms with Crippen LogP contribution in [0, 0.1) is 23.7 Å². The van der Waals surface area contributed by atoms with Gasteiger partial charge in [-0.25, -0.2) is 0 Å². The largest absolute Gasteiger partial charge is 0.458 e. The van der Waals surface area contributed by atoms with Crippen molar-refractivity contribution >= 4 is 17.9 Å². The first-order valence-electron chi connectivity index (χ1n) is 12.4. The number of carbonyl (C=O) groups excluding carboxylic acids is 3. The lowest BCUT2D eigenvalue weighted by Gasteiger charge is -2.55. The molecule has 0 radical (unpaired) electrons. The van der Waals surface area contributed by atoms with E-state index in [1.54, 1.807) is 13.8 Å². The summed E-state index contributed by atoms with van der Waals surface area (Å²) in [6.07, 6.45) is -0.0906. The molecule has 0 amide bonds. The average molecular weight is 495 g/mol. The van der Waals surface area contributed by atoms with Crippen molar-refractivity contribution < 1.29 is 43.2 Å². The van der Waals surface area contributed by atoms with E-state index in [1.807, 2.05) is 26.8 Å². The lowest BCUT2D eigenvalue weighted by Crippen LogP contribution is -2.68. The van der Waals surface area contributed by atoms with E-state index in [-0.39, 0.29) is 17.8 Å². The van der Waals surface area contributed by atoms with Crippen LogP contribution in [-0.2, 0) is 38.1 Å². The maximum absolute atomic E-state index is 12.4. The summed E-state index contributed by atoms with van der Waals surface area (Å²) in [5.74, 6) is -4.08. The Morgan fingerprint density at radius 3 is 2.23 bits per heavy atom. The van der Waals surface area contributed by atoms with E-state index in [0.29, 0.717) is 18.4 Å². The quantitative estimate of drug-likeness (QED) is 0.357. The molecule has 0 aromatic carbocycles. The van der Waals surface area contributed by atoms with Crippen molar-refractivity contribution in [3.8, 4) is 0 Å². The van der Waals surface area contributed by atoms with E-state index in [9.17, 15) is 19.5 Å². The van der Waals surface area contributed by atoms with Crippen molar-refractivity contribution in [3.05, 3.63) is 11.6 Å². The fourth-order valence-electron chi connectivity index (χ4n) is 7.25. The van der Waals surface area contributed by atoms with Crippen LogP contribution in [0.5, 0.6) is 0 Å². The van der Waals surface area contributed by atoms with Crippen LogP contribution in [0.2, 0.25) is 0 Å². The number of carbonyl (C=O) groups is 3. The Balaban J connectivity index is 1.97. The van der Waals surface area contributed by atoms with Gasteiger partial charge in [0, 0.05) is 44.9 Å². The lowest BCUT2D eigenvalue weighted by atomic mass is 9.55. The first-order valence-corrected chi connectivity index (χ1v) is 12.4. The second kappa shape index (κ2) is 8.56. The normalized spacial score (nSPS) is 47.7. The minimum Gasteiger partial charge on any atom is -0.458 e. The monoisotopic (exact) mass is 494 g/mol. The van der Waals surface area contributed by atoms with Crippen LogP contribution < -0.4 is 0 Å². The van der Waals surface area contributed by atoms with Gasteiger partial charge >= 0.3 is 17.9 Å². The fraction of sp³-hybridized carbons (Fsp3) is 0.808. The van der Waals surface area contributed by atoms with Gasteiger partial charge < -0.3 is 28.8 Å². The molecular formula is C26H38O9. The molecule has 9 nitrogen and oxygen atoms in total. The molecule has 196 valence electrons. The van der Waals surface area contributed by atoms with Crippen LogP contribution in [0.25, 0.3) is 0 Å². The Labute approximate surface area is 206 Å². The van der Waals surface area contributed by atoms with Crippen LogP contribution in [0.1, 0.15) is 68.2 Å². The zero-order valence-electron chi connectivity index (χ0n) is 21.8. The summed E-state index contributed by atoms with van der Waals surface area (Å²) in [5.41, 5.74) is -1.56. The molecule has 2 saturated heterocycles. The number of rotatable bonds is 4. The third kappa shape index (κ3) is 4.09. The third-order valence-electron chi connectivity index (χ3n) is 8.49. The minimum atomic E-state index is -1.40. The standard InChI is InChI=1S/C26H38O9/c1-12(2)18-19-20(17-11-13(3)26(30)10-9-24(7,35-26)22(19)33-17)25(8,34-16(6)29)23(32-15(5)28)21(18)31-14(4)27/h11-12,17-23,30H,9-10H2,1-8H3/b13-11-/t17-,18-,19-,20-,21+,22-,23+,24+,25+,26-/m0/s1. The Morgan fingerprint density at radius 2 is 1.69 bits per heavy atom. The summed E-state index contributed by atoms with van der Waals surface area (Å²) >= 11 is 0. The van der Waals surface area contributed by atoms with Gasteiger partial charge in [0.05, 0.1) is 17.8 Å². The van der Waals surface area contributed by atoms with Gasteiger partial charge in [-0.15, -0.1) is 0 Å². The van der Waals surface area contributed by atoms with Crippen LogP contribution in [0.4, 0.5) is 0 Å². The molecule has 35 heavy (non-hydrogen) atoms. The van der Waals surface area contributed by atoms with Gasteiger partial charge in [0.1, 0.15) is 6.10 Å². The fourth-order valence-corrected chi connectivity index (χ4v) is 7.25. The molecule has 3 aliphatic heterocycles. The van der Waals surface area contributed by atoms with E-state index >= 15 is 0 Å². The summed E-state index contributed by atoms with van der Waals surface area (Å²) in [7, 11) is 0. The van der Waals surface area contributed by atoms with Crippen molar-refractivity contribution in [2.75, 3.05) is 0 Å². The van der Waals surface area contributed by atoms with Crippen LogP contribution >= 0.6 is 0 Å². The first kappa shape index (κ1) is 26.1. The highest BCUT2D eigenvalue weighted by Crippen LogP contribution is 2.61. The summed E-state index contributed by atoms with van der Waals surface area (Å²) in [5, 5.41) is 11.3. The average Bonchev–Trinajstić information content (AvgIpc) is 3.24. The first-order chi connectivity index (χ1) is 16.1. The van der Waals surface area contributed by atoms with Crippen molar-refractivity contribution in [1.82, 2.24) is 0 Å². The predicted octanol–water partition coefficient (Wildman–Crippen LogP) is 2.67. The lowest BCUT2D eigenvalue weighted by molar-refractivity contribution is -0.253. The SMILES string of the molecule is CC(=O)O[C@@H]1[C@@H](C(C)C)[C@H]2[C@H]([C@@H]3/C=C(/C)[C@]4(O)CC[C@@](C)(O4)[C@H]2O3)[C@@](C)(OC(C)=O)[C@@H]1OC(C)=O. The molecule has 9 heteroatoms. The molecule has 1 saturated carbocycles. The van der Waals surface area contributed by atoms with Gasteiger partial charge in [0.15, 0.2) is 17.5 Å². The Bertz CT molecular complexity index is 943. The number of hydrogen-bond donors (Lipinski definition) is 1.